The number of aryl methyl sites for hydroxylation is 2. The van der Waals surface area contributed by atoms with E-state index >= 15 is 0 Å². The average Bonchev–Trinajstić information content (AvgIpc) is 3.43. The first kappa shape index (κ1) is 17.2. The lowest BCUT2D eigenvalue weighted by atomic mass is 10.0. The minimum Gasteiger partial charge on any atom is -0.326 e. The molecule has 0 bridgehead atoms. The summed E-state index contributed by atoms with van der Waals surface area (Å²) in [5.74, 6) is 0. The monoisotopic (exact) mass is 386 g/mol. The van der Waals surface area contributed by atoms with Crippen molar-refractivity contribution in [1.29, 1.82) is 0 Å². The highest BCUT2D eigenvalue weighted by atomic mass is 32.1. The molecule has 2 aromatic rings. The van der Waals surface area contributed by atoms with Crippen LogP contribution in [0.15, 0.2) is 12.4 Å². The van der Waals surface area contributed by atoms with Gasteiger partial charge in [0.25, 0.3) is 0 Å². The van der Waals surface area contributed by atoms with Gasteiger partial charge in [-0.25, -0.2) is 9.78 Å². The highest BCUT2D eigenvalue weighted by molar-refractivity contribution is 7.11. The molecule has 144 valence electrons. The number of amides is 2. The van der Waals surface area contributed by atoms with Crippen LogP contribution < -0.4 is 4.90 Å². The number of urea groups is 1. The molecule has 5 rings (SSSR count). The molecular weight excluding hydrogens is 360 g/mol. The van der Waals surface area contributed by atoms with Gasteiger partial charge in [-0.15, -0.1) is 11.3 Å². The largest absolute Gasteiger partial charge is 0.326 e. The van der Waals surface area contributed by atoms with Crippen molar-refractivity contribution in [1.82, 2.24) is 24.6 Å². The van der Waals surface area contributed by atoms with Gasteiger partial charge in [0.15, 0.2) is 0 Å². The Labute approximate surface area is 163 Å². The van der Waals surface area contributed by atoms with E-state index in [1.54, 1.807) is 4.90 Å². The van der Waals surface area contributed by atoms with Crippen LogP contribution in [-0.2, 0) is 19.4 Å². The van der Waals surface area contributed by atoms with E-state index in [1.807, 2.05) is 40.4 Å². The third-order valence-corrected chi connectivity index (χ3v) is 7.13. The zero-order chi connectivity index (χ0) is 18.4. The average molecular weight is 387 g/mol. The summed E-state index contributed by atoms with van der Waals surface area (Å²) < 4.78 is 2.05. The van der Waals surface area contributed by atoms with Crippen LogP contribution in [0.3, 0.4) is 0 Å². The molecule has 3 aliphatic rings. The number of likely N-dealkylation sites (tertiary alicyclic amines) is 1. The van der Waals surface area contributed by atoms with Crippen molar-refractivity contribution >= 4 is 23.1 Å². The lowest BCUT2D eigenvalue weighted by molar-refractivity contribution is 0.229. The van der Waals surface area contributed by atoms with Crippen LogP contribution in [0.1, 0.15) is 40.9 Å². The number of nitrogens with zero attached hydrogens (tertiary/aromatic N) is 6. The summed E-state index contributed by atoms with van der Waals surface area (Å²) in [5.41, 5.74) is 2.27. The minimum atomic E-state index is 0.0651. The quantitative estimate of drug-likeness (QED) is 0.810. The Morgan fingerprint density at radius 2 is 2.11 bits per heavy atom. The maximum atomic E-state index is 12.2. The Morgan fingerprint density at radius 3 is 2.93 bits per heavy atom. The number of thiazole rings is 1. The van der Waals surface area contributed by atoms with Crippen molar-refractivity contribution in [2.45, 2.75) is 44.7 Å². The van der Waals surface area contributed by atoms with Gasteiger partial charge in [-0.05, 0) is 32.1 Å². The molecule has 1 atom stereocenters. The van der Waals surface area contributed by atoms with Gasteiger partial charge in [0.1, 0.15) is 5.01 Å². The molecule has 0 saturated carbocycles. The molecule has 7 nitrogen and oxygen atoms in total. The summed E-state index contributed by atoms with van der Waals surface area (Å²) in [5, 5.41) is 5.83. The predicted octanol–water partition coefficient (Wildman–Crippen LogP) is 2.54. The molecule has 2 fully saturated rings. The number of carbonyl (C=O) groups excluding carboxylic acids is 1. The summed E-state index contributed by atoms with van der Waals surface area (Å²) in [6, 6.07) is 0.444. The van der Waals surface area contributed by atoms with E-state index in [4.69, 9.17) is 4.98 Å². The van der Waals surface area contributed by atoms with Crippen LogP contribution in [-0.4, -0.2) is 63.8 Å². The highest BCUT2D eigenvalue weighted by Gasteiger charge is 2.30. The fraction of sp³-hybridized carbons (Fsp3) is 0.632. The normalized spacial score (nSPS) is 23.4. The topological polar surface area (TPSA) is 57.5 Å². The van der Waals surface area contributed by atoms with Crippen LogP contribution in [0.2, 0.25) is 0 Å². The smallest absolute Gasteiger partial charge is 0.324 e. The molecule has 4 heterocycles. The van der Waals surface area contributed by atoms with Gasteiger partial charge < -0.3 is 4.90 Å². The summed E-state index contributed by atoms with van der Waals surface area (Å²) in [6.45, 7) is 4.55. The van der Waals surface area contributed by atoms with Gasteiger partial charge >= 0.3 is 6.03 Å². The third kappa shape index (κ3) is 3.25. The number of hydrogen-bond donors (Lipinski definition) is 0. The second-order valence-electron chi connectivity index (χ2n) is 7.90. The molecular formula is C19H26N6OS. The third-order valence-electron chi connectivity index (χ3n) is 5.99. The van der Waals surface area contributed by atoms with Gasteiger partial charge in [-0.1, -0.05) is 0 Å². The molecule has 0 N–H and O–H groups in total. The summed E-state index contributed by atoms with van der Waals surface area (Å²) in [4.78, 5) is 24.6. The van der Waals surface area contributed by atoms with Crippen molar-refractivity contribution in [3.05, 3.63) is 28.0 Å². The minimum absolute atomic E-state index is 0.0651. The highest BCUT2D eigenvalue weighted by Crippen LogP contribution is 2.30. The molecule has 2 amide bonds. The van der Waals surface area contributed by atoms with E-state index < -0.39 is 0 Å². The fourth-order valence-corrected chi connectivity index (χ4v) is 5.59. The van der Waals surface area contributed by atoms with Gasteiger partial charge in [0.05, 0.1) is 30.2 Å². The number of fused-ring (bicyclic) bond motifs is 1. The first-order chi connectivity index (χ1) is 13.2. The Bertz CT molecular complexity index is 822. The Kier molecular flexibility index (Phi) is 4.40. The molecule has 2 aliphatic heterocycles. The Hall–Kier alpha value is -1.93. The van der Waals surface area contributed by atoms with Gasteiger partial charge in [-0.3, -0.25) is 14.5 Å². The van der Waals surface area contributed by atoms with E-state index in [-0.39, 0.29) is 6.03 Å². The van der Waals surface area contributed by atoms with Gasteiger partial charge in [0, 0.05) is 44.3 Å². The second-order valence-corrected chi connectivity index (χ2v) is 9.06. The van der Waals surface area contributed by atoms with Crippen LogP contribution in [0.4, 0.5) is 10.5 Å². The molecule has 2 aromatic heterocycles. The van der Waals surface area contributed by atoms with Crippen LogP contribution in [0.5, 0.6) is 0 Å². The van der Waals surface area contributed by atoms with Crippen LogP contribution in [0.25, 0.3) is 0 Å². The van der Waals surface area contributed by atoms with Gasteiger partial charge in [0.2, 0.25) is 0 Å². The lowest BCUT2D eigenvalue weighted by Gasteiger charge is -2.15. The standard InChI is InChI=1S/C19H26N6OS/c1-22-8-9-24(19(22)26)15-10-20-25(12-15)14-6-7-23(11-14)13-18-21-16-4-2-3-5-17(16)27-18/h10,12,14H,2-9,11,13H2,1H3. The summed E-state index contributed by atoms with van der Waals surface area (Å²) >= 11 is 1.92. The summed E-state index contributed by atoms with van der Waals surface area (Å²) in [6.07, 6.45) is 9.95. The maximum absolute atomic E-state index is 12.2. The number of carbonyl (C=O) groups is 1. The Morgan fingerprint density at radius 1 is 1.22 bits per heavy atom. The van der Waals surface area contributed by atoms with Crippen molar-refractivity contribution in [2.24, 2.45) is 0 Å². The van der Waals surface area contributed by atoms with E-state index in [2.05, 4.69) is 10.00 Å². The molecule has 27 heavy (non-hydrogen) atoms. The first-order valence-electron chi connectivity index (χ1n) is 9.94. The van der Waals surface area contributed by atoms with Crippen molar-refractivity contribution < 1.29 is 4.79 Å². The molecule has 2 saturated heterocycles. The van der Waals surface area contributed by atoms with Gasteiger partial charge in [-0.2, -0.15) is 5.10 Å². The van der Waals surface area contributed by atoms with Crippen LogP contribution in [0, 0.1) is 0 Å². The van der Waals surface area contributed by atoms with E-state index in [0.717, 1.165) is 51.3 Å². The first-order valence-corrected chi connectivity index (χ1v) is 10.8. The molecule has 0 aromatic carbocycles. The SMILES string of the molecule is CN1CCN(c2cnn(C3CCN(Cc4nc5c(s4)CCCC5)C3)c2)C1=O. The van der Waals surface area contributed by atoms with Crippen molar-refractivity contribution in [3.8, 4) is 0 Å². The molecule has 0 spiro atoms. The van der Waals surface area contributed by atoms with Crippen LogP contribution >= 0.6 is 11.3 Å². The number of likely N-dealkylation sites (N-methyl/N-ethyl adjacent to an activating group) is 1. The Balaban J connectivity index is 1.22. The lowest BCUT2D eigenvalue weighted by Crippen LogP contribution is -2.28. The number of aromatic nitrogens is 3. The zero-order valence-corrected chi connectivity index (χ0v) is 16.6. The zero-order valence-electron chi connectivity index (χ0n) is 15.8. The maximum Gasteiger partial charge on any atom is 0.324 e. The summed E-state index contributed by atoms with van der Waals surface area (Å²) in [7, 11) is 1.85. The number of rotatable bonds is 4. The fourth-order valence-electron chi connectivity index (χ4n) is 4.39. The number of anilines is 1. The van der Waals surface area contributed by atoms with E-state index in [9.17, 15) is 4.79 Å². The molecule has 0 radical (unpaired) electrons. The molecule has 1 unspecified atom stereocenters. The van der Waals surface area contributed by atoms with E-state index in [1.165, 1.54) is 34.8 Å². The molecule has 8 heteroatoms. The molecule has 1 aliphatic carbocycles. The van der Waals surface area contributed by atoms with Crippen molar-refractivity contribution in [3.63, 3.8) is 0 Å². The van der Waals surface area contributed by atoms with E-state index in [0.29, 0.717) is 6.04 Å². The second kappa shape index (κ2) is 6.91. The predicted molar refractivity (Wildman–Crippen MR) is 105 cm³/mol. The number of hydrogen-bond acceptors (Lipinski definition) is 5. The van der Waals surface area contributed by atoms with Crippen molar-refractivity contribution in [2.75, 3.05) is 38.1 Å².